The molecule has 6 nitrogen and oxygen atoms in total. The molecule has 0 spiro atoms. The number of benzene rings is 1. The molecule has 2 rings (SSSR count). The largest absolute Gasteiger partial charge is 0.480 e. The highest BCUT2D eigenvalue weighted by atomic mass is 16.6. The Morgan fingerprint density at radius 2 is 2.00 bits per heavy atom. The molecule has 0 heterocycles. The number of anilines is 1. The number of carboxylic acids is 1. The van der Waals surface area contributed by atoms with E-state index in [0.29, 0.717) is 18.8 Å². The van der Waals surface area contributed by atoms with Gasteiger partial charge >= 0.3 is 5.97 Å². The number of carboxylic acid groups (broad SMARTS) is 1. The van der Waals surface area contributed by atoms with E-state index in [1.165, 1.54) is 6.07 Å². The molecule has 1 aromatic carbocycles. The predicted molar refractivity (Wildman–Crippen MR) is 74.7 cm³/mol. The van der Waals surface area contributed by atoms with Gasteiger partial charge < -0.3 is 10.4 Å². The summed E-state index contributed by atoms with van der Waals surface area (Å²) in [5.41, 5.74) is -0.917. The molecule has 1 saturated carbocycles. The summed E-state index contributed by atoms with van der Waals surface area (Å²) in [4.78, 5) is 22.1. The summed E-state index contributed by atoms with van der Waals surface area (Å²) >= 11 is 0. The standard InChI is InChI=1S/C14H18N2O4/c1-10-6-8-14(9-7-10,13(17)18)15-11-4-2-3-5-12(11)16(19)20/h2-5,10,15H,6-9H2,1H3,(H,17,18). The Bertz CT molecular complexity index is 522. The third kappa shape index (κ3) is 2.74. The van der Waals surface area contributed by atoms with E-state index in [1.54, 1.807) is 18.2 Å². The normalized spacial score (nSPS) is 25.9. The van der Waals surface area contributed by atoms with E-state index in [9.17, 15) is 20.0 Å². The van der Waals surface area contributed by atoms with Gasteiger partial charge in [-0.25, -0.2) is 4.79 Å². The van der Waals surface area contributed by atoms with Crippen LogP contribution in [0.4, 0.5) is 11.4 Å². The third-order valence-electron chi connectivity index (χ3n) is 4.01. The highest BCUT2D eigenvalue weighted by Crippen LogP contribution is 2.37. The summed E-state index contributed by atoms with van der Waals surface area (Å²) in [7, 11) is 0. The molecule has 1 aliphatic rings. The van der Waals surface area contributed by atoms with Crippen molar-refractivity contribution in [3.63, 3.8) is 0 Å². The van der Waals surface area contributed by atoms with E-state index >= 15 is 0 Å². The van der Waals surface area contributed by atoms with Crippen LogP contribution in [0.2, 0.25) is 0 Å². The lowest BCUT2D eigenvalue weighted by Crippen LogP contribution is -2.49. The molecule has 0 aliphatic heterocycles. The number of rotatable bonds is 4. The van der Waals surface area contributed by atoms with Crippen LogP contribution < -0.4 is 5.32 Å². The van der Waals surface area contributed by atoms with Crippen LogP contribution in [0.25, 0.3) is 0 Å². The Hall–Kier alpha value is -2.11. The van der Waals surface area contributed by atoms with Gasteiger partial charge in [-0.1, -0.05) is 19.1 Å². The molecule has 1 fully saturated rings. The second-order valence-electron chi connectivity index (χ2n) is 5.47. The number of aliphatic carboxylic acids is 1. The van der Waals surface area contributed by atoms with Crippen molar-refractivity contribution < 1.29 is 14.8 Å². The molecular formula is C14H18N2O4. The topological polar surface area (TPSA) is 92.5 Å². The zero-order chi connectivity index (χ0) is 14.8. The summed E-state index contributed by atoms with van der Waals surface area (Å²) < 4.78 is 0. The molecule has 20 heavy (non-hydrogen) atoms. The maximum absolute atomic E-state index is 11.6. The molecule has 108 valence electrons. The fourth-order valence-corrected chi connectivity index (χ4v) is 2.64. The number of nitrogens with one attached hydrogen (secondary N) is 1. The van der Waals surface area contributed by atoms with Gasteiger partial charge in [0.15, 0.2) is 0 Å². The Labute approximate surface area is 117 Å². The average molecular weight is 278 g/mol. The first-order valence-corrected chi connectivity index (χ1v) is 6.69. The highest BCUT2D eigenvalue weighted by Gasteiger charge is 2.42. The van der Waals surface area contributed by atoms with Crippen LogP contribution in [-0.4, -0.2) is 21.5 Å². The summed E-state index contributed by atoms with van der Waals surface area (Å²) in [5.74, 6) is -0.447. The van der Waals surface area contributed by atoms with Crippen LogP contribution in [0.5, 0.6) is 0 Å². The van der Waals surface area contributed by atoms with Crippen LogP contribution in [0.15, 0.2) is 24.3 Å². The van der Waals surface area contributed by atoms with Crippen molar-refractivity contribution in [2.75, 3.05) is 5.32 Å². The predicted octanol–water partition coefficient (Wildman–Crippen LogP) is 3.04. The molecule has 0 atom stereocenters. The van der Waals surface area contributed by atoms with Gasteiger partial charge in [0.05, 0.1) is 4.92 Å². The molecule has 1 aromatic rings. The summed E-state index contributed by atoms with van der Waals surface area (Å²) in [6, 6.07) is 6.17. The smallest absolute Gasteiger partial charge is 0.329 e. The van der Waals surface area contributed by atoms with Crippen molar-refractivity contribution in [2.24, 2.45) is 5.92 Å². The number of hydrogen-bond acceptors (Lipinski definition) is 4. The SMILES string of the molecule is CC1CCC(Nc2ccccc2[N+](=O)[O-])(C(=O)O)CC1. The molecule has 0 aromatic heterocycles. The van der Waals surface area contributed by atoms with Gasteiger partial charge in [-0.15, -0.1) is 0 Å². The number of nitro benzene ring substituents is 1. The second kappa shape index (κ2) is 5.48. The van der Waals surface area contributed by atoms with Crippen LogP contribution in [0.1, 0.15) is 32.6 Å². The number of carbonyl (C=O) groups is 1. The van der Waals surface area contributed by atoms with Crippen LogP contribution in [-0.2, 0) is 4.79 Å². The van der Waals surface area contributed by atoms with Gasteiger partial charge in [-0.05, 0) is 37.7 Å². The Kier molecular flexibility index (Phi) is 3.92. The van der Waals surface area contributed by atoms with E-state index in [-0.39, 0.29) is 11.4 Å². The van der Waals surface area contributed by atoms with Crippen LogP contribution in [0, 0.1) is 16.0 Å². The van der Waals surface area contributed by atoms with Gasteiger partial charge in [0.1, 0.15) is 11.2 Å². The molecule has 2 N–H and O–H groups in total. The maximum Gasteiger partial charge on any atom is 0.329 e. The van der Waals surface area contributed by atoms with Crippen molar-refractivity contribution in [3.8, 4) is 0 Å². The zero-order valence-corrected chi connectivity index (χ0v) is 11.3. The lowest BCUT2D eigenvalue weighted by molar-refractivity contribution is -0.384. The Morgan fingerprint density at radius 1 is 1.40 bits per heavy atom. The fourth-order valence-electron chi connectivity index (χ4n) is 2.64. The lowest BCUT2D eigenvalue weighted by atomic mass is 9.77. The van der Waals surface area contributed by atoms with E-state index in [2.05, 4.69) is 12.2 Å². The number of para-hydroxylation sites is 2. The molecule has 1 aliphatic carbocycles. The van der Waals surface area contributed by atoms with Gasteiger partial charge in [-0.3, -0.25) is 10.1 Å². The monoisotopic (exact) mass is 278 g/mol. The minimum absolute atomic E-state index is 0.0910. The van der Waals surface area contributed by atoms with Gasteiger partial charge in [0.25, 0.3) is 5.69 Å². The fraction of sp³-hybridized carbons (Fsp3) is 0.500. The second-order valence-corrected chi connectivity index (χ2v) is 5.47. The lowest BCUT2D eigenvalue weighted by Gasteiger charge is -2.37. The first-order valence-electron chi connectivity index (χ1n) is 6.69. The van der Waals surface area contributed by atoms with Gasteiger partial charge in [0, 0.05) is 6.07 Å². The molecule has 0 radical (unpaired) electrons. The maximum atomic E-state index is 11.6. The number of nitrogens with zero attached hydrogens (tertiary/aromatic N) is 1. The minimum atomic E-state index is -1.10. The first-order chi connectivity index (χ1) is 9.44. The van der Waals surface area contributed by atoms with Gasteiger partial charge in [-0.2, -0.15) is 0 Å². The Morgan fingerprint density at radius 3 is 2.55 bits per heavy atom. The number of nitro groups is 1. The van der Waals surface area contributed by atoms with E-state index in [4.69, 9.17) is 0 Å². The zero-order valence-electron chi connectivity index (χ0n) is 11.3. The minimum Gasteiger partial charge on any atom is -0.480 e. The molecule has 0 saturated heterocycles. The van der Waals surface area contributed by atoms with Gasteiger partial charge in [0.2, 0.25) is 0 Å². The summed E-state index contributed by atoms with van der Waals surface area (Å²) in [6.07, 6.45) is 2.57. The molecule has 6 heteroatoms. The first kappa shape index (κ1) is 14.3. The van der Waals surface area contributed by atoms with E-state index in [1.807, 2.05) is 0 Å². The summed E-state index contributed by atoms with van der Waals surface area (Å²) in [5, 5.41) is 23.5. The number of hydrogen-bond donors (Lipinski definition) is 2. The van der Waals surface area contributed by atoms with Crippen molar-refractivity contribution in [3.05, 3.63) is 34.4 Å². The van der Waals surface area contributed by atoms with E-state index < -0.39 is 16.4 Å². The van der Waals surface area contributed by atoms with Crippen LogP contribution in [0.3, 0.4) is 0 Å². The van der Waals surface area contributed by atoms with Crippen molar-refractivity contribution in [1.29, 1.82) is 0 Å². The van der Waals surface area contributed by atoms with Crippen molar-refractivity contribution in [1.82, 2.24) is 0 Å². The molecular weight excluding hydrogens is 260 g/mol. The molecule has 0 unspecified atom stereocenters. The van der Waals surface area contributed by atoms with Crippen molar-refractivity contribution in [2.45, 2.75) is 38.1 Å². The highest BCUT2D eigenvalue weighted by molar-refractivity contribution is 5.84. The van der Waals surface area contributed by atoms with E-state index in [0.717, 1.165) is 12.8 Å². The summed E-state index contributed by atoms with van der Waals surface area (Å²) in [6.45, 7) is 2.09. The third-order valence-corrected chi connectivity index (χ3v) is 4.01. The average Bonchev–Trinajstić information content (AvgIpc) is 2.41. The Balaban J connectivity index is 2.30. The quantitative estimate of drug-likeness (QED) is 0.652. The molecule has 0 amide bonds. The van der Waals surface area contributed by atoms with Crippen molar-refractivity contribution >= 4 is 17.3 Å². The van der Waals surface area contributed by atoms with Crippen LogP contribution >= 0.6 is 0 Å². The molecule has 0 bridgehead atoms.